The van der Waals surface area contributed by atoms with Gasteiger partial charge in [-0.2, -0.15) is 0 Å². The van der Waals surface area contributed by atoms with Gasteiger partial charge in [0.2, 0.25) is 0 Å². The van der Waals surface area contributed by atoms with Crippen molar-refractivity contribution in [1.29, 1.82) is 0 Å². The molecule has 0 aliphatic rings. The third kappa shape index (κ3) is 1.96. The zero-order valence-electron chi connectivity index (χ0n) is 11.7. The van der Waals surface area contributed by atoms with Gasteiger partial charge >= 0.3 is 0 Å². The van der Waals surface area contributed by atoms with Crippen LogP contribution in [0.1, 0.15) is 5.69 Å². The van der Waals surface area contributed by atoms with Gasteiger partial charge in [-0.1, -0.05) is 48.5 Å². The standard InChI is InChI=1S/C19H14N2/c1-13-19-16(15-9-5-6-10-18(15)20-13)11-12-17(21-19)14-7-3-2-4-8-14/h2-12H,1H3. The molecular formula is C19H14N2. The van der Waals surface area contributed by atoms with E-state index in [1.165, 1.54) is 0 Å². The predicted octanol–water partition coefficient (Wildman–Crippen LogP) is 4.76. The molecule has 0 fully saturated rings. The molecule has 2 nitrogen and oxygen atoms in total. The summed E-state index contributed by atoms with van der Waals surface area (Å²) in [5.41, 5.74) is 5.10. The summed E-state index contributed by atoms with van der Waals surface area (Å²) in [5.74, 6) is 0. The third-order valence-corrected chi connectivity index (χ3v) is 3.79. The minimum Gasteiger partial charge on any atom is -0.251 e. The second-order valence-electron chi connectivity index (χ2n) is 5.17. The average molecular weight is 270 g/mol. The summed E-state index contributed by atoms with van der Waals surface area (Å²) >= 11 is 0. The molecule has 100 valence electrons. The highest BCUT2D eigenvalue weighted by atomic mass is 14.8. The lowest BCUT2D eigenvalue weighted by molar-refractivity contribution is 1.25. The van der Waals surface area contributed by atoms with Crippen LogP contribution in [-0.4, -0.2) is 9.97 Å². The fraction of sp³-hybridized carbons (Fsp3) is 0.0526. The zero-order chi connectivity index (χ0) is 14.2. The molecule has 4 rings (SSSR count). The first-order chi connectivity index (χ1) is 10.3. The van der Waals surface area contributed by atoms with E-state index < -0.39 is 0 Å². The van der Waals surface area contributed by atoms with Gasteiger partial charge in [-0.25, -0.2) is 4.98 Å². The van der Waals surface area contributed by atoms with E-state index in [9.17, 15) is 0 Å². The maximum Gasteiger partial charge on any atom is 0.0928 e. The molecule has 0 radical (unpaired) electrons. The normalized spacial score (nSPS) is 11.1. The molecule has 0 amide bonds. The lowest BCUT2D eigenvalue weighted by Gasteiger charge is -2.08. The molecule has 0 aliphatic heterocycles. The van der Waals surface area contributed by atoms with Gasteiger partial charge in [-0.3, -0.25) is 4.98 Å². The van der Waals surface area contributed by atoms with Crippen molar-refractivity contribution in [2.24, 2.45) is 0 Å². The highest BCUT2D eigenvalue weighted by Gasteiger charge is 2.08. The van der Waals surface area contributed by atoms with Crippen LogP contribution in [0.15, 0.2) is 66.7 Å². The Balaban J connectivity index is 2.05. The van der Waals surface area contributed by atoms with E-state index in [1.54, 1.807) is 0 Å². The number of fused-ring (bicyclic) bond motifs is 3. The Bertz CT molecular complexity index is 943. The second kappa shape index (κ2) is 4.67. The van der Waals surface area contributed by atoms with Crippen molar-refractivity contribution in [3.05, 3.63) is 72.4 Å². The number of aromatic nitrogens is 2. The molecule has 2 aromatic heterocycles. The number of benzene rings is 2. The van der Waals surface area contributed by atoms with Gasteiger partial charge in [0.05, 0.1) is 22.4 Å². The van der Waals surface area contributed by atoms with Crippen molar-refractivity contribution in [1.82, 2.24) is 9.97 Å². The van der Waals surface area contributed by atoms with Crippen LogP contribution in [-0.2, 0) is 0 Å². The summed E-state index contributed by atoms with van der Waals surface area (Å²) in [6, 6.07) is 22.7. The summed E-state index contributed by atoms with van der Waals surface area (Å²) in [4.78, 5) is 9.51. The Hall–Kier alpha value is -2.74. The van der Waals surface area contributed by atoms with E-state index in [2.05, 4.69) is 35.3 Å². The van der Waals surface area contributed by atoms with E-state index in [1.807, 2.05) is 43.3 Å². The number of aryl methyl sites for hydroxylation is 1. The van der Waals surface area contributed by atoms with Gasteiger partial charge in [0, 0.05) is 16.3 Å². The van der Waals surface area contributed by atoms with Gasteiger partial charge in [0.25, 0.3) is 0 Å². The molecule has 4 aromatic rings. The molecule has 2 heteroatoms. The number of nitrogens with zero attached hydrogens (tertiary/aromatic N) is 2. The van der Waals surface area contributed by atoms with Gasteiger partial charge < -0.3 is 0 Å². The average Bonchev–Trinajstić information content (AvgIpc) is 2.55. The molecule has 0 saturated carbocycles. The molecule has 2 heterocycles. The molecule has 0 unspecified atom stereocenters. The van der Waals surface area contributed by atoms with Gasteiger partial charge in [0.1, 0.15) is 0 Å². The fourth-order valence-corrected chi connectivity index (χ4v) is 2.75. The van der Waals surface area contributed by atoms with E-state index in [4.69, 9.17) is 4.98 Å². The molecule has 21 heavy (non-hydrogen) atoms. The van der Waals surface area contributed by atoms with Crippen molar-refractivity contribution in [2.75, 3.05) is 0 Å². The van der Waals surface area contributed by atoms with Gasteiger partial charge in [0.15, 0.2) is 0 Å². The third-order valence-electron chi connectivity index (χ3n) is 3.79. The summed E-state index contributed by atoms with van der Waals surface area (Å²) < 4.78 is 0. The summed E-state index contributed by atoms with van der Waals surface area (Å²) in [7, 11) is 0. The van der Waals surface area contributed by atoms with Crippen LogP contribution in [0.25, 0.3) is 33.1 Å². The van der Waals surface area contributed by atoms with Crippen molar-refractivity contribution < 1.29 is 0 Å². The smallest absolute Gasteiger partial charge is 0.0928 e. The summed E-state index contributed by atoms with van der Waals surface area (Å²) in [6.45, 7) is 2.02. The first kappa shape index (κ1) is 12.0. The van der Waals surface area contributed by atoms with Crippen molar-refractivity contribution in [3.63, 3.8) is 0 Å². The van der Waals surface area contributed by atoms with Crippen molar-refractivity contribution in [3.8, 4) is 11.3 Å². The maximum atomic E-state index is 4.83. The number of pyridine rings is 2. The fourth-order valence-electron chi connectivity index (χ4n) is 2.75. The first-order valence-corrected chi connectivity index (χ1v) is 7.04. The topological polar surface area (TPSA) is 25.8 Å². The summed E-state index contributed by atoms with van der Waals surface area (Å²) in [5, 5.41) is 2.32. The molecule has 0 aliphatic carbocycles. The monoisotopic (exact) mass is 270 g/mol. The summed E-state index contributed by atoms with van der Waals surface area (Å²) in [6.07, 6.45) is 0. The largest absolute Gasteiger partial charge is 0.251 e. The van der Waals surface area contributed by atoms with Crippen molar-refractivity contribution >= 4 is 21.8 Å². The van der Waals surface area contributed by atoms with Crippen LogP contribution in [0, 0.1) is 6.92 Å². The van der Waals surface area contributed by atoms with E-state index in [0.717, 1.165) is 38.8 Å². The maximum absolute atomic E-state index is 4.83. The van der Waals surface area contributed by atoms with Crippen LogP contribution in [0.3, 0.4) is 0 Å². The molecule has 0 spiro atoms. The Morgan fingerprint density at radius 3 is 2.29 bits per heavy atom. The van der Waals surface area contributed by atoms with Crippen LogP contribution in [0.5, 0.6) is 0 Å². The first-order valence-electron chi connectivity index (χ1n) is 7.04. The lowest BCUT2D eigenvalue weighted by atomic mass is 10.1. The molecular weight excluding hydrogens is 256 g/mol. The van der Waals surface area contributed by atoms with Crippen LogP contribution in [0.2, 0.25) is 0 Å². The minimum atomic E-state index is 0.974. The number of hydrogen-bond acceptors (Lipinski definition) is 2. The van der Waals surface area contributed by atoms with Crippen LogP contribution < -0.4 is 0 Å². The molecule has 2 aromatic carbocycles. The highest BCUT2D eigenvalue weighted by Crippen LogP contribution is 2.27. The van der Waals surface area contributed by atoms with Crippen molar-refractivity contribution in [2.45, 2.75) is 6.92 Å². The van der Waals surface area contributed by atoms with E-state index in [0.29, 0.717) is 0 Å². The van der Waals surface area contributed by atoms with Gasteiger partial charge in [-0.05, 0) is 25.1 Å². The SMILES string of the molecule is Cc1nc2ccccc2c2ccc(-c3ccccc3)nc12. The Labute approximate surface area is 123 Å². The Kier molecular flexibility index (Phi) is 2.68. The molecule has 0 saturated heterocycles. The van der Waals surface area contributed by atoms with E-state index in [-0.39, 0.29) is 0 Å². The highest BCUT2D eigenvalue weighted by molar-refractivity contribution is 6.05. The van der Waals surface area contributed by atoms with Crippen LogP contribution >= 0.6 is 0 Å². The van der Waals surface area contributed by atoms with Gasteiger partial charge in [-0.15, -0.1) is 0 Å². The number of para-hydroxylation sites is 1. The number of rotatable bonds is 1. The second-order valence-corrected chi connectivity index (χ2v) is 5.17. The Morgan fingerprint density at radius 2 is 1.43 bits per heavy atom. The minimum absolute atomic E-state index is 0.974. The van der Waals surface area contributed by atoms with E-state index >= 15 is 0 Å². The predicted molar refractivity (Wildman–Crippen MR) is 87.2 cm³/mol. The van der Waals surface area contributed by atoms with Crippen LogP contribution in [0.4, 0.5) is 0 Å². The molecule has 0 N–H and O–H groups in total. The quantitative estimate of drug-likeness (QED) is 0.466. The Morgan fingerprint density at radius 1 is 0.667 bits per heavy atom. The molecule has 0 bridgehead atoms. The lowest BCUT2D eigenvalue weighted by Crippen LogP contribution is -1.92. The molecule has 0 atom stereocenters. The number of hydrogen-bond donors (Lipinski definition) is 0. The zero-order valence-corrected chi connectivity index (χ0v) is 11.7.